The van der Waals surface area contributed by atoms with Crippen LogP contribution < -0.4 is 0 Å². The normalized spacial score (nSPS) is 16.0. The molecule has 292 valence electrons. The Hall–Kier alpha value is -2.72. The molecular weight excluding hydrogens is 793 g/mol. The summed E-state index contributed by atoms with van der Waals surface area (Å²) in [5.41, 5.74) is -6.60. The average molecular weight is 835 g/mol. The van der Waals surface area contributed by atoms with Gasteiger partial charge in [0.2, 0.25) is 11.5 Å². The molecule has 0 N–H and O–H groups in total. The van der Waals surface area contributed by atoms with Crippen LogP contribution in [-0.4, -0.2) is 96.7 Å². The Morgan fingerprint density at radius 3 is 1.85 bits per heavy atom. The molecule has 0 radical (unpaired) electrons. The van der Waals surface area contributed by atoms with Crippen LogP contribution in [0.2, 0.25) is 0 Å². The summed E-state index contributed by atoms with van der Waals surface area (Å²) in [7, 11) is 0. The lowest BCUT2D eigenvalue weighted by atomic mass is 10.2. The van der Waals surface area contributed by atoms with Gasteiger partial charge in [0.05, 0.1) is 0 Å². The first-order chi connectivity index (χ1) is 25.0. The number of hydrogen-bond donors (Lipinski definition) is 0. The summed E-state index contributed by atoms with van der Waals surface area (Å²) in [4.78, 5) is 65.7. The third-order valence-corrected chi connectivity index (χ3v) is 13.6. The monoisotopic (exact) mass is 834 g/mol. The van der Waals surface area contributed by atoms with E-state index in [9.17, 15) is 46.7 Å². The van der Waals surface area contributed by atoms with Crippen LogP contribution in [0.4, 0.5) is 0 Å². The second-order valence-electron chi connectivity index (χ2n) is 11.9. The molecule has 53 heavy (non-hydrogen) atoms. The van der Waals surface area contributed by atoms with Crippen LogP contribution in [0, 0.1) is 0 Å². The highest BCUT2D eigenvalue weighted by atomic mass is 32.2. The first kappa shape index (κ1) is 46.4. The fraction of sp³-hybridized carbons (Fsp3) is 0.441. The topological polar surface area (TPSA) is 238 Å². The number of carbonyl (C=O) groups excluding carboxylic acids is 5. The van der Waals surface area contributed by atoms with Crippen molar-refractivity contribution in [3.63, 3.8) is 0 Å². The number of unbranched alkanes of at least 4 members (excludes halogenated alkanes) is 1. The largest absolute Gasteiger partial charge is 0.616 e. The molecule has 0 amide bonds. The SMILES string of the molecule is C=CC[S+]([O-])CC(=O)OC(C(=O)OC(C(=O)OC(C(=O)OC(=O)C[S+]([O-])CCCC)[S+]([O-])C(C)(C)C)[S+]([O-])Cc1ccccc1)[S+]([O-])c1ccccc1. The fourth-order valence-electron chi connectivity index (χ4n) is 3.88. The van der Waals surface area contributed by atoms with Gasteiger partial charge in [-0.05, 0) is 67.8 Å². The number of hydrogen-bond acceptors (Lipinski definition) is 14. The summed E-state index contributed by atoms with van der Waals surface area (Å²) in [6.07, 6.45) is 2.52. The van der Waals surface area contributed by atoms with E-state index in [0.717, 1.165) is 0 Å². The van der Waals surface area contributed by atoms with Gasteiger partial charge in [-0.15, -0.1) is 0 Å². The van der Waals surface area contributed by atoms with E-state index in [4.69, 9.17) is 18.9 Å². The van der Waals surface area contributed by atoms with Gasteiger partial charge in [-0.3, -0.25) is 0 Å². The maximum Gasteiger partial charge on any atom is 0.409 e. The molecule has 0 saturated carbocycles. The molecule has 8 unspecified atom stereocenters. The zero-order chi connectivity index (χ0) is 39.7. The summed E-state index contributed by atoms with van der Waals surface area (Å²) < 4.78 is 84.2. The molecule has 2 aromatic rings. The lowest BCUT2D eigenvalue weighted by molar-refractivity contribution is -0.175. The molecule has 0 fully saturated rings. The Bertz CT molecular complexity index is 1490. The first-order valence-electron chi connectivity index (χ1n) is 15.9. The van der Waals surface area contributed by atoms with Gasteiger partial charge < -0.3 is 41.7 Å². The first-order valence-corrected chi connectivity index (χ1v) is 22.7. The van der Waals surface area contributed by atoms with E-state index in [0.29, 0.717) is 18.4 Å². The average Bonchev–Trinajstić information content (AvgIpc) is 3.10. The molecule has 19 heteroatoms. The molecular formula is C34H42O14S5. The third kappa shape index (κ3) is 16.3. The number of rotatable bonds is 21. The van der Waals surface area contributed by atoms with Crippen molar-refractivity contribution in [1.82, 2.24) is 0 Å². The van der Waals surface area contributed by atoms with Gasteiger partial charge >= 0.3 is 46.2 Å². The van der Waals surface area contributed by atoms with Gasteiger partial charge in [-0.25, -0.2) is 24.0 Å². The van der Waals surface area contributed by atoms with E-state index in [1.165, 1.54) is 51.1 Å². The second-order valence-corrected chi connectivity index (χ2v) is 20.2. The Kier molecular flexibility index (Phi) is 20.4. The van der Waals surface area contributed by atoms with Gasteiger partial charge in [0.25, 0.3) is 0 Å². The molecule has 0 aliphatic heterocycles. The molecule has 8 atom stereocenters. The van der Waals surface area contributed by atoms with Crippen molar-refractivity contribution < 1.29 is 65.7 Å². The van der Waals surface area contributed by atoms with Gasteiger partial charge in [-0.1, -0.05) is 68.5 Å². The Labute approximate surface area is 324 Å². The summed E-state index contributed by atoms with van der Waals surface area (Å²) >= 11 is -10.9. The van der Waals surface area contributed by atoms with Crippen molar-refractivity contribution in [2.75, 3.05) is 23.0 Å². The number of benzene rings is 2. The Morgan fingerprint density at radius 2 is 1.28 bits per heavy atom. The van der Waals surface area contributed by atoms with Crippen LogP contribution in [0.5, 0.6) is 0 Å². The van der Waals surface area contributed by atoms with Crippen molar-refractivity contribution in [2.24, 2.45) is 0 Å². The predicted molar refractivity (Wildman–Crippen MR) is 201 cm³/mol. The predicted octanol–water partition coefficient (Wildman–Crippen LogP) is 2.45. The van der Waals surface area contributed by atoms with E-state index in [2.05, 4.69) is 6.58 Å². The zero-order valence-corrected chi connectivity index (χ0v) is 33.6. The molecule has 2 rings (SSSR count). The van der Waals surface area contributed by atoms with Crippen molar-refractivity contribution in [3.8, 4) is 0 Å². The number of ether oxygens (including phenoxy) is 4. The minimum atomic E-state index is -2.52. The van der Waals surface area contributed by atoms with E-state index < -0.39 is 124 Å². The minimum Gasteiger partial charge on any atom is -0.616 e. The van der Waals surface area contributed by atoms with Crippen LogP contribution in [0.15, 0.2) is 78.2 Å². The van der Waals surface area contributed by atoms with Crippen molar-refractivity contribution in [2.45, 2.75) is 72.2 Å². The van der Waals surface area contributed by atoms with E-state index in [1.807, 2.05) is 6.92 Å². The summed E-state index contributed by atoms with van der Waals surface area (Å²) in [6.45, 7) is 9.54. The molecule has 14 nitrogen and oxygen atoms in total. The second kappa shape index (κ2) is 23.3. The smallest absolute Gasteiger partial charge is 0.409 e. The summed E-state index contributed by atoms with van der Waals surface area (Å²) in [6, 6.07) is 15.2. The Balaban J connectivity index is 2.48. The van der Waals surface area contributed by atoms with Crippen molar-refractivity contribution in [1.29, 1.82) is 0 Å². The molecule has 0 heterocycles. The highest BCUT2D eigenvalue weighted by molar-refractivity contribution is 7.94. The minimum absolute atomic E-state index is 0.0114. The molecule has 0 bridgehead atoms. The van der Waals surface area contributed by atoms with Crippen LogP contribution in [0.1, 0.15) is 46.1 Å². The van der Waals surface area contributed by atoms with Gasteiger partial charge in [0.15, 0.2) is 4.90 Å². The highest BCUT2D eigenvalue weighted by Crippen LogP contribution is 2.26. The highest BCUT2D eigenvalue weighted by Gasteiger charge is 2.50. The standard InChI is InChI=1S/C34H42O14S5/c1-6-8-20-50(41)22-26(35)45-30(39)33(53(44)34(3,4)5)48-28(37)31(51(42)21-24-15-11-9-12-16-24)47-29(38)32(46-27(36)23-49(40)19-7-2)52(43)25-17-13-10-14-18-25/h7,9-18,31-33H,2,6,8,19-23H2,1,3-5H3. The van der Waals surface area contributed by atoms with Crippen LogP contribution in [0.3, 0.4) is 0 Å². The summed E-state index contributed by atoms with van der Waals surface area (Å²) in [5, 5.41) is 0. The number of carbonyl (C=O) groups is 5. The third-order valence-electron chi connectivity index (χ3n) is 6.42. The Morgan fingerprint density at radius 1 is 0.736 bits per heavy atom. The molecule has 0 spiro atoms. The fourth-order valence-corrected chi connectivity index (χ4v) is 8.96. The van der Waals surface area contributed by atoms with Crippen LogP contribution in [0.25, 0.3) is 0 Å². The maximum atomic E-state index is 13.7. The zero-order valence-electron chi connectivity index (χ0n) is 29.5. The summed E-state index contributed by atoms with van der Waals surface area (Å²) in [5.74, 6) is -9.11. The van der Waals surface area contributed by atoms with E-state index in [1.54, 1.807) is 36.4 Å². The van der Waals surface area contributed by atoms with Crippen molar-refractivity contribution in [3.05, 3.63) is 78.9 Å². The molecule has 0 aliphatic rings. The molecule has 0 aromatic heterocycles. The van der Waals surface area contributed by atoms with Gasteiger partial charge in [-0.2, -0.15) is 0 Å². The van der Waals surface area contributed by atoms with E-state index >= 15 is 0 Å². The maximum absolute atomic E-state index is 13.7. The lowest BCUT2D eigenvalue weighted by Crippen LogP contribution is -2.49. The van der Waals surface area contributed by atoms with Crippen LogP contribution >= 0.6 is 0 Å². The lowest BCUT2D eigenvalue weighted by Gasteiger charge is -2.30. The van der Waals surface area contributed by atoms with Gasteiger partial charge in [0, 0.05) is 39.1 Å². The number of esters is 5. The quantitative estimate of drug-likeness (QED) is 0.0578. The van der Waals surface area contributed by atoms with Crippen molar-refractivity contribution >= 4 is 85.7 Å². The van der Waals surface area contributed by atoms with Gasteiger partial charge in [0.1, 0.15) is 22.0 Å². The molecule has 2 aromatic carbocycles. The molecule has 0 saturated heterocycles. The van der Waals surface area contributed by atoms with Crippen LogP contribution in [-0.2, 0) is 105 Å². The molecule has 0 aliphatic carbocycles. The van der Waals surface area contributed by atoms with E-state index in [-0.39, 0.29) is 16.4 Å².